The zero-order valence-electron chi connectivity index (χ0n) is 20.0. The molecule has 0 bridgehead atoms. The summed E-state index contributed by atoms with van der Waals surface area (Å²) in [7, 11) is 0. The molecule has 0 radical (unpaired) electrons. The van der Waals surface area contributed by atoms with E-state index in [1.165, 1.54) is 17.4 Å². The smallest absolute Gasteiger partial charge is 0.342 e. The van der Waals surface area contributed by atoms with Gasteiger partial charge in [-0.1, -0.05) is 42.5 Å². The number of nitrogens with zero attached hydrogens (tertiary/aromatic N) is 4. The van der Waals surface area contributed by atoms with Crippen LogP contribution in [-0.2, 0) is 18.1 Å². The van der Waals surface area contributed by atoms with Crippen molar-refractivity contribution in [1.82, 2.24) is 25.9 Å². The topological polar surface area (TPSA) is 81.9 Å². The van der Waals surface area contributed by atoms with Crippen LogP contribution in [0.2, 0.25) is 0 Å². The summed E-state index contributed by atoms with van der Waals surface area (Å²) in [5, 5.41) is 17.9. The van der Waals surface area contributed by atoms with Crippen LogP contribution in [0.3, 0.4) is 0 Å². The van der Waals surface area contributed by atoms with Crippen molar-refractivity contribution in [3.63, 3.8) is 0 Å². The predicted molar refractivity (Wildman–Crippen MR) is 125 cm³/mol. The first-order valence-electron chi connectivity index (χ1n) is 11.0. The van der Waals surface area contributed by atoms with E-state index in [0.29, 0.717) is 17.0 Å². The molecule has 1 amide bonds. The van der Waals surface area contributed by atoms with Gasteiger partial charge in [0, 0.05) is 9.75 Å². The molecule has 11 heteroatoms. The van der Waals surface area contributed by atoms with E-state index in [9.17, 15) is 18.0 Å². The zero-order chi connectivity index (χ0) is 24.8. The Morgan fingerprint density at radius 2 is 1.83 bits per heavy atom. The molecule has 1 saturated carbocycles. The Bertz CT molecular complexity index is 1380. The molecule has 0 aliphatic heterocycles. The standard InChI is InChI=1S/C25H22F3N5OS.Na/c1-14-20(13-16-4-3-5-19(12-16)25(26,27)28)21(15(2)35-14)23(34)29-24(10-11-24)18-8-6-17(7-9-18)22-30-32-33-31-22;/h3-9,12H,10-11,13H2,1-2H3,(H2,29,30,31,32,33,34);/q;+1/p-1. The van der Waals surface area contributed by atoms with Crippen molar-refractivity contribution in [3.8, 4) is 11.4 Å². The Morgan fingerprint density at radius 3 is 2.44 bits per heavy atom. The molecule has 1 aliphatic carbocycles. The van der Waals surface area contributed by atoms with Crippen LogP contribution in [0.5, 0.6) is 0 Å². The van der Waals surface area contributed by atoms with Crippen LogP contribution in [0, 0.1) is 13.8 Å². The Hall–Kier alpha value is -2.53. The number of aryl methyl sites for hydroxylation is 2. The zero-order valence-corrected chi connectivity index (χ0v) is 22.8. The number of benzene rings is 2. The van der Waals surface area contributed by atoms with E-state index >= 15 is 0 Å². The van der Waals surface area contributed by atoms with Crippen LogP contribution < -0.4 is 40.1 Å². The first-order chi connectivity index (χ1) is 16.7. The van der Waals surface area contributed by atoms with Gasteiger partial charge in [0.05, 0.1) is 22.5 Å². The molecule has 36 heavy (non-hydrogen) atoms. The predicted octanol–water partition coefficient (Wildman–Crippen LogP) is 2.21. The largest absolute Gasteiger partial charge is 1.00 e. The fourth-order valence-corrected chi connectivity index (χ4v) is 5.47. The molecule has 6 nitrogen and oxygen atoms in total. The van der Waals surface area contributed by atoms with Gasteiger partial charge in [-0.2, -0.15) is 13.2 Å². The molecule has 5 rings (SSSR count). The normalized spacial score (nSPS) is 14.2. The number of alkyl halides is 3. The van der Waals surface area contributed by atoms with Gasteiger partial charge in [-0.3, -0.25) is 15.2 Å². The average molecular weight is 520 g/mol. The van der Waals surface area contributed by atoms with Crippen molar-refractivity contribution >= 4 is 17.2 Å². The third-order valence-corrected chi connectivity index (χ3v) is 7.43. The molecule has 0 spiro atoms. The van der Waals surface area contributed by atoms with Gasteiger partial charge in [0.25, 0.3) is 5.91 Å². The molecule has 1 aliphatic rings. The number of halogens is 3. The van der Waals surface area contributed by atoms with Gasteiger partial charge < -0.3 is 10.4 Å². The molecule has 0 unspecified atom stereocenters. The van der Waals surface area contributed by atoms with Crippen molar-refractivity contribution in [2.24, 2.45) is 0 Å². The number of tetrazole rings is 1. The van der Waals surface area contributed by atoms with Crippen LogP contribution in [-0.4, -0.2) is 21.3 Å². The van der Waals surface area contributed by atoms with E-state index in [0.717, 1.165) is 51.4 Å². The van der Waals surface area contributed by atoms with Crippen LogP contribution >= 0.6 is 11.3 Å². The van der Waals surface area contributed by atoms with Gasteiger partial charge >= 0.3 is 35.7 Å². The minimum absolute atomic E-state index is 0. The van der Waals surface area contributed by atoms with Crippen molar-refractivity contribution in [1.29, 1.82) is 0 Å². The molecule has 2 aromatic heterocycles. The maximum absolute atomic E-state index is 13.5. The summed E-state index contributed by atoms with van der Waals surface area (Å²) in [5.41, 5.74) is 2.45. The van der Waals surface area contributed by atoms with E-state index in [2.05, 4.69) is 25.9 Å². The molecule has 2 aromatic carbocycles. The number of amides is 1. The Balaban J connectivity index is 0.00000304. The molecule has 4 aromatic rings. The average Bonchev–Trinajstić information content (AvgIpc) is 3.26. The van der Waals surface area contributed by atoms with E-state index in [-0.39, 0.29) is 41.9 Å². The van der Waals surface area contributed by atoms with Gasteiger partial charge in [0.1, 0.15) is 0 Å². The molecule has 1 fully saturated rings. The van der Waals surface area contributed by atoms with Crippen LogP contribution in [0.1, 0.15) is 55.2 Å². The number of aromatic nitrogens is 4. The quantitative estimate of drug-likeness (QED) is 0.395. The van der Waals surface area contributed by atoms with Crippen LogP contribution in [0.4, 0.5) is 13.2 Å². The number of thiophene rings is 1. The van der Waals surface area contributed by atoms with Gasteiger partial charge in [0.15, 0.2) is 0 Å². The van der Waals surface area contributed by atoms with Crippen molar-refractivity contribution in [2.45, 2.75) is 44.8 Å². The molecule has 0 atom stereocenters. The number of nitrogens with one attached hydrogen (secondary N) is 1. The van der Waals surface area contributed by atoms with Crippen molar-refractivity contribution in [3.05, 3.63) is 86.1 Å². The fraction of sp³-hybridized carbons (Fsp3) is 0.280. The maximum Gasteiger partial charge on any atom is 1.00 e. The third-order valence-electron chi connectivity index (χ3n) is 6.36. The minimum Gasteiger partial charge on any atom is -0.342 e. The first-order valence-corrected chi connectivity index (χ1v) is 11.8. The molecule has 2 heterocycles. The Labute approximate surface area is 232 Å². The number of hydrogen-bond acceptors (Lipinski definition) is 5. The SMILES string of the molecule is Cc1sc(C)c(C(=O)NC2(c3ccc(-c4nn[n-]n4)cc3)CC2)c1Cc1cccc(C(F)(F)F)c1.[Na+]. The summed E-state index contributed by atoms with van der Waals surface area (Å²) in [6.45, 7) is 3.77. The molecule has 0 saturated heterocycles. The number of carbonyl (C=O) groups is 1. The molecule has 1 N–H and O–H groups in total. The Morgan fingerprint density at radius 1 is 1.11 bits per heavy atom. The molecular weight excluding hydrogens is 498 g/mol. The summed E-state index contributed by atoms with van der Waals surface area (Å²) in [6.07, 6.45) is -2.55. The second-order valence-corrected chi connectivity index (χ2v) is 10.2. The van der Waals surface area contributed by atoms with E-state index in [1.807, 2.05) is 38.1 Å². The van der Waals surface area contributed by atoms with Crippen LogP contribution in [0.15, 0.2) is 48.5 Å². The van der Waals surface area contributed by atoms with Crippen LogP contribution in [0.25, 0.3) is 11.4 Å². The summed E-state index contributed by atoms with van der Waals surface area (Å²) in [6, 6.07) is 12.9. The second kappa shape index (κ2) is 10.1. The summed E-state index contributed by atoms with van der Waals surface area (Å²) in [4.78, 5) is 15.3. The fourth-order valence-electron chi connectivity index (χ4n) is 4.39. The van der Waals surface area contributed by atoms with Crippen molar-refractivity contribution < 1.29 is 47.5 Å². The van der Waals surface area contributed by atoms with E-state index in [1.54, 1.807) is 6.07 Å². The maximum atomic E-state index is 13.5. The molecule has 180 valence electrons. The van der Waals surface area contributed by atoms with Gasteiger partial charge in [-0.25, -0.2) is 5.10 Å². The summed E-state index contributed by atoms with van der Waals surface area (Å²) < 4.78 is 39.5. The van der Waals surface area contributed by atoms with Gasteiger partial charge in [-0.05, 0) is 61.4 Å². The van der Waals surface area contributed by atoms with E-state index < -0.39 is 17.3 Å². The number of carbonyl (C=O) groups excluding carboxylic acids is 1. The summed E-state index contributed by atoms with van der Waals surface area (Å²) >= 11 is 1.49. The first kappa shape index (κ1) is 26.5. The van der Waals surface area contributed by atoms with Gasteiger partial charge in [0.2, 0.25) is 0 Å². The third kappa shape index (κ3) is 5.27. The van der Waals surface area contributed by atoms with Gasteiger partial charge in [-0.15, -0.1) is 11.3 Å². The minimum atomic E-state index is -4.41. The Kier molecular flexibility index (Phi) is 7.43. The second-order valence-electron chi connectivity index (χ2n) is 8.76. The monoisotopic (exact) mass is 519 g/mol. The van der Waals surface area contributed by atoms with E-state index in [4.69, 9.17) is 0 Å². The van der Waals surface area contributed by atoms with Crippen molar-refractivity contribution in [2.75, 3.05) is 0 Å². The number of rotatable bonds is 6. The number of hydrogen-bond donors (Lipinski definition) is 1. The summed E-state index contributed by atoms with van der Waals surface area (Å²) in [5.74, 6) is 0.234. The molecular formula is C25H21F3N5NaOS.